The standard InChI is InChI=1S/C16H26N2O3S/c1-13-8-9-15(14-6-3-4-7-16(14)21-2)18(12-13)10-5-11-22(17,19)20/h3-4,6-7,13,15H,5,8-12H2,1-2H3,(H2,17,19,20). The maximum absolute atomic E-state index is 11.1. The molecule has 0 aromatic heterocycles. The van der Waals surface area contributed by atoms with Crippen molar-refractivity contribution < 1.29 is 13.2 Å². The Bertz CT molecular complexity index is 589. The number of para-hydroxylation sites is 1. The van der Waals surface area contributed by atoms with Gasteiger partial charge in [0, 0.05) is 18.2 Å². The Hall–Kier alpha value is -1.11. The second-order valence-corrected chi connectivity index (χ2v) is 7.89. The van der Waals surface area contributed by atoms with E-state index in [1.54, 1.807) is 7.11 Å². The lowest BCUT2D eigenvalue weighted by Crippen LogP contribution is -2.38. The number of piperidine rings is 1. The highest BCUT2D eigenvalue weighted by Gasteiger charge is 2.29. The van der Waals surface area contributed by atoms with E-state index < -0.39 is 10.0 Å². The molecule has 5 nitrogen and oxygen atoms in total. The number of ether oxygens (including phenoxy) is 1. The van der Waals surface area contributed by atoms with Gasteiger partial charge in [0.05, 0.1) is 12.9 Å². The predicted molar refractivity (Wildman–Crippen MR) is 88.3 cm³/mol. The minimum Gasteiger partial charge on any atom is -0.496 e. The van der Waals surface area contributed by atoms with E-state index in [1.165, 1.54) is 12.0 Å². The third-order valence-electron chi connectivity index (χ3n) is 4.29. The fourth-order valence-electron chi connectivity index (χ4n) is 3.25. The summed E-state index contributed by atoms with van der Waals surface area (Å²) in [5.41, 5.74) is 1.19. The van der Waals surface area contributed by atoms with Crippen LogP contribution in [0.1, 0.15) is 37.8 Å². The average molecular weight is 326 g/mol. The molecule has 2 unspecified atom stereocenters. The molecule has 1 aliphatic rings. The van der Waals surface area contributed by atoms with Gasteiger partial charge in [-0.2, -0.15) is 0 Å². The van der Waals surface area contributed by atoms with Crippen LogP contribution in [0.4, 0.5) is 0 Å². The third kappa shape index (κ3) is 4.69. The van der Waals surface area contributed by atoms with Crippen molar-refractivity contribution in [2.75, 3.05) is 26.0 Å². The van der Waals surface area contributed by atoms with Crippen LogP contribution < -0.4 is 9.88 Å². The molecule has 0 bridgehead atoms. The van der Waals surface area contributed by atoms with Crippen LogP contribution in [-0.2, 0) is 10.0 Å². The van der Waals surface area contributed by atoms with Crippen molar-refractivity contribution in [3.05, 3.63) is 29.8 Å². The quantitative estimate of drug-likeness (QED) is 0.869. The van der Waals surface area contributed by atoms with Crippen LogP contribution >= 0.6 is 0 Å². The van der Waals surface area contributed by atoms with Crippen LogP contribution in [0.15, 0.2) is 24.3 Å². The van der Waals surface area contributed by atoms with Crippen LogP contribution in [0.25, 0.3) is 0 Å². The van der Waals surface area contributed by atoms with Crippen molar-refractivity contribution in [2.45, 2.75) is 32.2 Å². The number of likely N-dealkylation sites (tertiary alicyclic amines) is 1. The smallest absolute Gasteiger partial charge is 0.209 e. The lowest BCUT2D eigenvalue weighted by molar-refractivity contribution is 0.112. The van der Waals surface area contributed by atoms with E-state index in [-0.39, 0.29) is 11.8 Å². The van der Waals surface area contributed by atoms with Gasteiger partial charge in [0.15, 0.2) is 0 Å². The Morgan fingerprint density at radius 1 is 1.32 bits per heavy atom. The summed E-state index contributed by atoms with van der Waals surface area (Å²) in [6.07, 6.45) is 2.81. The third-order valence-corrected chi connectivity index (χ3v) is 5.15. The lowest BCUT2D eigenvalue weighted by Gasteiger charge is -2.39. The summed E-state index contributed by atoms with van der Waals surface area (Å²) in [6, 6.07) is 8.37. The zero-order chi connectivity index (χ0) is 16.2. The maximum Gasteiger partial charge on any atom is 0.209 e. The summed E-state index contributed by atoms with van der Waals surface area (Å²) in [7, 11) is -1.69. The second-order valence-electron chi connectivity index (χ2n) is 6.16. The summed E-state index contributed by atoms with van der Waals surface area (Å²) in [4.78, 5) is 2.37. The zero-order valence-corrected chi connectivity index (χ0v) is 14.2. The molecule has 1 aromatic rings. The number of nitrogens with zero attached hydrogens (tertiary/aromatic N) is 1. The fourth-order valence-corrected chi connectivity index (χ4v) is 3.79. The fraction of sp³-hybridized carbons (Fsp3) is 0.625. The van der Waals surface area contributed by atoms with Gasteiger partial charge in [-0.25, -0.2) is 13.6 Å². The first-order valence-corrected chi connectivity index (χ1v) is 9.49. The molecule has 2 atom stereocenters. The summed E-state index contributed by atoms with van der Waals surface area (Å²) >= 11 is 0. The van der Waals surface area contributed by atoms with Crippen LogP contribution in [0.2, 0.25) is 0 Å². The van der Waals surface area contributed by atoms with Crippen LogP contribution in [0.3, 0.4) is 0 Å². The van der Waals surface area contributed by atoms with E-state index in [1.807, 2.05) is 18.2 Å². The molecule has 2 N–H and O–H groups in total. The molecule has 1 fully saturated rings. The average Bonchev–Trinajstić information content (AvgIpc) is 2.46. The first kappa shape index (κ1) is 17.2. The molecule has 1 aromatic carbocycles. The lowest BCUT2D eigenvalue weighted by atomic mass is 9.89. The normalized spacial score (nSPS) is 23.4. The molecule has 6 heteroatoms. The first-order chi connectivity index (χ1) is 10.4. The molecular formula is C16H26N2O3S. The van der Waals surface area contributed by atoms with Gasteiger partial charge >= 0.3 is 0 Å². The van der Waals surface area contributed by atoms with Crippen molar-refractivity contribution in [3.8, 4) is 5.75 Å². The Kier molecular flexibility index (Phi) is 5.83. The number of nitrogens with two attached hydrogens (primary N) is 1. The molecule has 124 valence electrons. The zero-order valence-electron chi connectivity index (χ0n) is 13.4. The summed E-state index contributed by atoms with van der Waals surface area (Å²) < 4.78 is 27.7. The minimum atomic E-state index is -3.38. The molecule has 0 spiro atoms. The van der Waals surface area contributed by atoms with Crippen molar-refractivity contribution in [2.24, 2.45) is 11.1 Å². The van der Waals surface area contributed by atoms with Gasteiger partial charge in [0.25, 0.3) is 0 Å². The van der Waals surface area contributed by atoms with Crippen molar-refractivity contribution in [1.82, 2.24) is 4.90 Å². The number of hydrogen-bond donors (Lipinski definition) is 1. The Morgan fingerprint density at radius 2 is 2.05 bits per heavy atom. The molecule has 0 saturated carbocycles. The van der Waals surface area contributed by atoms with Gasteiger partial charge in [-0.3, -0.25) is 4.90 Å². The summed E-state index contributed by atoms with van der Waals surface area (Å²) in [5, 5.41) is 5.10. The van der Waals surface area contributed by atoms with E-state index >= 15 is 0 Å². The SMILES string of the molecule is COc1ccccc1C1CCC(C)CN1CCCS(N)(=O)=O. The summed E-state index contributed by atoms with van der Waals surface area (Å²) in [5.74, 6) is 1.57. The minimum absolute atomic E-state index is 0.0382. The summed E-state index contributed by atoms with van der Waals surface area (Å²) in [6.45, 7) is 3.96. The molecule has 2 rings (SSSR count). The largest absolute Gasteiger partial charge is 0.496 e. The number of primary sulfonamides is 1. The first-order valence-electron chi connectivity index (χ1n) is 7.78. The Labute approximate surface area is 133 Å². The van der Waals surface area contributed by atoms with Gasteiger partial charge < -0.3 is 4.74 Å². The van der Waals surface area contributed by atoms with Crippen LogP contribution in [-0.4, -0.2) is 39.3 Å². The highest BCUT2D eigenvalue weighted by Crippen LogP contribution is 2.37. The number of rotatable bonds is 6. The molecule has 0 amide bonds. The van der Waals surface area contributed by atoms with E-state index in [4.69, 9.17) is 9.88 Å². The van der Waals surface area contributed by atoms with E-state index in [9.17, 15) is 8.42 Å². The van der Waals surface area contributed by atoms with Crippen molar-refractivity contribution in [1.29, 1.82) is 0 Å². The predicted octanol–water partition coefficient (Wildman–Crippen LogP) is 2.15. The molecule has 22 heavy (non-hydrogen) atoms. The van der Waals surface area contributed by atoms with Crippen LogP contribution in [0.5, 0.6) is 5.75 Å². The highest BCUT2D eigenvalue weighted by atomic mass is 32.2. The van der Waals surface area contributed by atoms with E-state index in [0.717, 1.165) is 25.3 Å². The monoisotopic (exact) mass is 326 g/mol. The highest BCUT2D eigenvalue weighted by molar-refractivity contribution is 7.89. The number of benzene rings is 1. The van der Waals surface area contributed by atoms with Gasteiger partial charge in [0.2, 0.25) is 10.0 Å². The number of hydrogen-bond acceptors (Lipinski definition) is 4. The van der Waals surface area contributed by atoms with E-state index in [0.29, 0.717) is 12.3 Å². The van der Waals surface area contributed by atoms with Crippen molar-refractivity contribution >= 4 is 10.0 Å². The topological polar surface area (TPSA) is 72.6 Å². The van der Waals surface area contributed by atoms with E-state index in [2.05, 4.69) is 17.9 Å². The Balaban J connectivity index is 2.12. The van der Waals surface area contributed by atoms with Gasteiger partial charge in [-0.1, -0.05) is 25.1 Å². The molecule has 1 aliphatic heterocycles. The van der Waals surface area contributed by atoms with Gasteiger partial charge in [-0.15, -0.1) is 0 Å². The van der Waals surface area contributed by atoms with Gasteiger partial charge in [-0.05, 0) is 37.8 Å². The van der Waals surface area contributed by atoms with Crippen LogP contribution in [0, 0.1) is 5.92 Å². The van der Waals surface area contributed by atoms with Crippen molar-refractivity contribution in [3.63, 3.8) is 0 Å². The number of methoxy groups -OCH3 is 1. The Morgan fingerprint density at radius 3 is 2.73 bits per heavy atom. The molecule has 1 saturated heterocycles. The van der Waals surface area contributed by atoms with Gasteiger partial charge in [0.1, 0.15) is 5.75 Å². The molecular weight excluding hydrogens is 300 g/mol. The maximum atomic E-state index is 11.1. The molecule has 0 radical (unpaired) electrons. The number of sulfonamides is 1. The molecule has 1 heterocycles. The molecule has 0 aliphatic carbocycles. The second kappa shape index (κ2) is 7.44.